The summed E-state index contributed by atoms with van der Waals surface area (Å²) >= 11 is 0. The minimum atomic E-state index is -0.835. The second kappa shape index (κ2) is 5.51. The Hall–Kier alpha value is -1.37. The minimum Gasteiger partial charge on any atom is -0.480 e. The molecule has 1 saturated carbocycles. The van der Waals surface area contributed by atoms with E-state index in [4.69, 9.17) is 9.94 Å². The summed E-state index contributed by atoms with van der Waals surface area (Å²) in [5.41, 5.74) is 0. The molecule has 1 heterocycles. The Morgan fingerprint density at radius 3 is 2.67 bits per heavy atom. The second-order valence-electron chi connectivity index (χ2n) is 4.95. The van der Waals surface area contributed by atoms with Gasteiger partial charge in [-0.05, 0) is 32.2 Å². The summed E-state index contributed by atoms with van der Waals surface area (Å²) in [7, 11) is 0. The lowest BCUT2D eigenvalue weighted by Crippen LogP contribution is -2.51. The van der Waals surface area contributed by atoms with Crippen LogP contribution in [0.5, 0.6) is 0 Å². The van der Waals surface area contributed by atoms with Crippen LogP contribution in [0.15, 0.2) is 0 Å². The van der Waals surface area contributed by atoms with Crippen molar-refractivity contribution < 1.29 is 19.8 Å². The zero-order valence-corrected chi connectivity index (χ0v) is 10.2. The Morgan fingerprint density at radius 1 is 1.28 bits per heavy atom. The Balaban J connectivity index is 2.07. The molecule has 0 spiro atoms. The van der Waals surface area contributed by atoms with Crippen molar-refractivity contribution in [3.05, 3.63) is 10.1 Å². The van der Waals surface area contributed by atoms with Crippen molar-refractivity contribution in [2.75, 3.05) is 6.54 Å². The van der Waals surface area contributed by atoms with E-state index in [2.05, 4.69) is 0 Å². The summed E-state index contributed by atoms with van der Waals surface area (Å²) in [6.45, 7) is 0.694. The molecular weight excluding hydrogens is 240 g/mol. The summed E-state index contributed by atoms with van der Waals surface area (Å²) in [6.07, 6.45) is 4.27. The molecule has 0 aromatic rings. The largest absolute Gasteiger partial charge is 0.480 e. The Morgan fingerprint density at radius 2 is 2.00 bits per heavy atom. The highest BCUT2D eigenvalue weighted by atomic mass is 17.0. The molecule has 3 unspecified atom stereocenters. The fourth-order valence-corrected chi connectivity index (χ4v) is 3.14. The summed E-state index contributed by atoms with van der Waals surface area (Å²) < 4.78 is 0. The van der Waals surface area contributed by atoms with Gasteiger partial charge in [0.15, 0.2) is 0 Å². The number of aliphatic carboxylic acids is 1. The van der Waals surface area contributed by atoms with E-state index in [9.17, 15) is 14.9 Å². The van der Waals surface area contributed by atoms with Crippen LogP contribution in [0, 0.1) is 10.1 Å². The highest BCUT2D eigenvalue weighted by Crippen LogP contribution is 2.31. The van der Waals surface area contributed by atoms with Gasteiger partial charge in [0.25, 0.3) is 5.09 Å². The van der Waals surface area contributed by atoms with Crippen LogP contribution in [-0.2, 0) is 9.63 Å². The summed E-state index contributed by atoms with van der Waals surface area (Å²) in [5.74, 6) is -0.835. The maximum atomic E-state index is 11.2. The van der Waals surface area contributed by atoms with Gasteiger partial charge >= 0.3 is 5.97 Å². The lowest BCUT2D eigenvalue weighted by Gasteiger charge is -2.38. The van der Waals surface area contributed by atoms with Crippen LogP contribution in [0.2, 0.25) is 0 Å². The molecule has 2 aliphatic rings. The van der Waals surface area contributed by atoms with Crippen LogP contribution in [0.4, 0.5) is 0 Å². The summed E-state index contributed by atoms with van der Waals surface area (Å²) in [5, 5.41) is 18.9. The average molecular weight is 258 g/mol. The van der Waals surface area contributed by atoms with E-state index in [1.165, 1.54) is 0 Å². The topological polar surface area (TPSA) is 92.9 Å². The second-order valence-corrected chi connectivity index (χ2v) is 4.95. The number of carbonyl (C=O) groups is 1. The van der Waals surface area contributed by atoms with Crippen LogP contribution in [0.3, 0.4) is 0 Å². The van der Waals surface area contributed by atoms with Crippen LogP contribution in [0.1, 0.15) is 38.5 Å². The van der Waals surface area contributed by atoms with Crippen molar-refractivity contribution in [2.24, 2.45) is 0 Å². The number of hydrogen-bond donors (Lipinski definition) is 1. The Bertz CT molecular complexity index is 335. The van der Waals surface area contributed by atoms with E-state index in [1.807, 2.05) is 4.90 Å². The van der Waals surface area contributed by atoms with Gasteiger partial charge < -0.3 is 9.94 Å². The number of nitrogens with zero attached hydrogens (tertiary/aromatic N) is 2. The van der Waals surface area contributed by atoms with E-state index in [0.717, 1.165) is 25.7 Å². The van der Waals surface area contributed by atoms with Gasteiger partial charge in [-0.3, -0.25) is 9.69 Å². The van der Waals surface area contributed by atoms with Crippen molar-refractivity contribution in [1.82, 2.24) is 4.90 Å². The molecular formula is C11H18N2O5. The Kier molecular flexibility index (Phi) is 4.00. The number of rotatable bonds is 4. The normalized spacial score (nSPS) is 33.2. The van der Waals surface area contributed by atoms with Crippen LogP contribution in [0.25, 0.3) is 0 Å². The van der Waals surface area contributed by atoms with Crippen molar-refractivity contribution in [2.45, 2.75) is 56.7 Å². The molecule has 2 rings (SSSR count). The lowest BCUT2D eigenvalue weighted by atomic mass is 9.91. The molecule has 0 amide bonds. The minimum absolute atomic E-state index is 0.132. The van der Waals surface area contributed by atoms with Gasteiger partial charge in [0.1, 0.15) is 12.1 Å². The molecule has 3 atom stereocenters. The molecule has 2 fully saturated rings. The SMILES string of the molecule is O=C(O)C1CCCN1C1CCCCC1O[N+](=O)[O-]. The highest BCUT2D eigenvalue weighted by molar-refractivity contribution is 5.73. The third-order valence-electron chi connectivity index (χ3n) is 3.89. The highest BCUT2D eigenvalue weighted by Gasteiger charge is 2.40. The maximum Gasteiger partial charge on any atom is 0.320 e. The van der Waals surface area contributed by atoms with Crippen molar-refractivity contribution in [1.29, 1.82) is 0 Å². The quantitative estimate of drug-likeness (QED) is 0.598. The number of carboxylic acids is 1. The number of carboxylic acid groups (broad SMARTS) is 1. The van der Waals surface area contributed by atoms with Crippen molar-refractivity contribution in [3.8, 4) is 0 Å². The predicted molar refractivity (Wildman–Crippen MR) is 61.5 cm³/mol. The molecule has 102 valence electrons. The van der Waals surface area contributed by atoms with E-state index < -0.39 is 23.2 Å². The number of hydrogen-bond acceptors (Lipinski definition) is 5. The fourth-order valence-electron chi connectivity index (χ4n) is 3.14. The van der Waals surface area contributed by atoms with Gasteiger partial charge in [-0.25, -0.2) is 0 Å². The van der Waals surface area contributed by atoms with E-state index in [0.29, 0.717) is 19.4 Å². The first-order chi connectivity index (χ1) is 8.59. The zero-order chi connectivity index (χ0) is 13.1. The van der Waals surface area contributed by atoms with E-state index in [-0.39, 0.29) is 6.04 Å². The molecule has 18 heavy (non-hydrogen) atoms. The van der Waals surface area contributed by atoms with Gasteiger partial charge in [-0.15, -0.1) is 10.1 Å². The lowest BCUT2D eigenvalue weighted by molar-refractivity contribution is -0.770. The fraction of sp³-hybridized carbons (Fsp3) is 0.909. The van der Waals surface area contributed by atoms with E-state index in [1.54, 1.807) is 0 Å². The third-order valence-corrected chi connectivity index (χ3v) is 3.89. The van der Waals surface area contributed by atoms with Gasteiger partial charge in [-0.2, -0.15) is 0 Å². The predicted octanol–water partition coefficient (Wildman–Crippen LogP) is 1.05. The van der Waals surface area contributed by atoms with Gasteiger partial charge in [0.2, 0.25) is 0 Å². The molecule has 1 N–H and O–H groups in total. The molecule has 7 nitrogen and oxygen atoms in total. The first-order valence-corrected chi connectivity index (χ1v) is 6.39. The van der Waals surface area contributed by atoms with Crippen LogP contribution >= 0.6 is 0 Å². The van der Waals surface area contributed by atoms with Crippen molar-refractivity contribution >= 4 is 5.97 Å². The van der Waals surface area contributed by atoms with Crippen LogP contribution in [-0.4, -0.2) is 45.8 Å². The Labute approximate surface area is 105 Å². The number of likely N-dealkylation sites (tertiary alicyclic amines) is 1. The third kappa shape index (κ3) is 2.72. The zero-order valence-electron chi connectivity index (χ0n) is 10.2. The monoisotopic (exact) mass is 258 g/mol. The summed E-state index contributed by atoms with van der Waals surface area (Å²) in [4.78, 5) is 28.3. The molecule has 1 aliphatic heterocycles. The van der Waals surface area contributed by atoms with Crippen molar-refractivity contribution in [3.63, 3.8) is 0 Å². The van der Waals surface area contributed by atoms with Gasteiger partial charge in [0, 0.05) is 6.04 Å². The molecule has 0 radical (unpaired) electrons. The smallest absolute Gasteiger partial charge is 0.320 e. The standard InChI is InChI=1S/C11H18N2O5/c14-11(15)9-5-3-7-12(9)8-4-1-2-6-10(8)18-13(16)17/h8-10H,1-7H2,(H,14,15). The molecule has 7 heteroatoms. The molecule has 0 bridgehead atoms. The van der Waals surface area contributed by atoms with Gasteiger partial charge in [0.05, 0.1) is 0 Å². The average Bonchev–Trinajstić information content (AvgIpc) is 2.77. The van der Waals surface area contributed by atoms with Crippen LogP contribution < -0.4 is 0 Å². The summed E-state index contributed by atoms with van der Waals surface area (Å²) in [6, 6.07) is -0.640. The molecule has 1 aliphatic carbocycles. The molecule has 0 aromatic carbocycles. The van der Waals surface area contributed by atoms with Gasteiger partial charge in [-0.1, -0.05) is 12.8 Å². The first-order valence-electron chi connectivity index (χ1n) is 6.39. The van der Waals surface area contributed by atoms with E-state index >= 15 is 0 Å². The maximum absolute atomic E-state index is 11.2. The molecule has 1 saturated heterocycles. The molecule has 0 aromatic heterocycles. The first kappa shape index (κ1) is 13.1.